The first-order chi connectivity index (χ1) is 7.27. The second-order valence-corrected chi connectivity index (χ2v) is 5.01. The van der Waals surface area contributed by atoms with Crippen molar-refractivity contribution in [2.75, 3.05) is 6.54 Å². The summed E-state index contributed by atoms with van der Waals surface area (Å²) in [5, 5.41) is 0. The van der Waals surface area contributed by atoms with Gasteiger partial charge in [0.05, 0.1) is 0 Å². The minimum absolute atomic E-state index is 0.0861. The summed E-state index contributed by atoms with van der Waals surface area (Å²) in [6.07, 6.45) is 9.57. The van der Waals surface area contributed by atoms with Crippen LogP contribution in [0.3, 0.4) is 0 Å². The van der Waals surface area contributed by atoms with E-state index in [0.717, 1.165) is 6.54 Å². The molecule has 3 nitrogen and oxygen atoms in total. The molecule has 1 amide bonds. The van der Waals surface area contributed by atoms with Gasteiger partial charge in [0.15, 0.2) is 0 Å². The van der Waals surface area contributed by atoms with E-state index in [1.807, 2.05) is 0 Å². The van der Waals surface area contributed by atoms with E-state index in [-0.39, 0.29) is 11.9 Å². The van der Waals surface area contributed by atoms with Crippen LogP contribution in [0.25, 0.3) is 0 Å². The lowest BCUT2D eigenvalue weighted by Crippen LogP contribution is -2.38. The SMILES string of the molecule is NC1CC(=O)N(C2CCCCCCC2)C1. The molecule has 2 fully saturated rings. The Labute approximate surface area is 92.0 Å². The average molecular weight is 210 g/mol. The smallest absolute Gasteiger partial charge is 0.224 e. The highest BCUT2D eigenvalue weighted by atomic mass is 16.2. The van der Waals surface area contributed by atoms with Crippen molar-refractivity contribution in [1.82, 2.24) is 4.90 Å². The maximum absolute atomic E-state index is 11.7. The predicted octanol–water partition coefficient (Wildman–Crippen LogP) is 1.66. The summed E-state index contributed by atoms with van der Waals surface area (Å²) >= 11 is 0. The van der Waals surface area contributed by atoms with Crippen molar-refractivity contribution in [2.24, 2.45) is 5.73 Å². The Hall–Kier alpha value is -0.570. The fraction of sp³-hybridized carbons (Fsp3) is 0.917. The number of carbonyl (C=O) groups is 1. The zero-order chi connectivity index (χ0) is 10.7. The topological polar surface area (TPSA) is 46.3 Å². The predicted molar refractivity (Wildman–Crippen MR) is 60.4 cm³/mol. The van der Waals surface area contributed by atoms with Crippen LogP contribution < -0.4 is 5.73 Å². The Morgan fingerprint density at radius 3 is 2.20 bits per heavy atom. The lowest BCUT2D eigenvalue weighted by molar-refractivity contribution is -0.130. The third-order valence-corrected chi connectivity index (χ3v) is 3.70. The largest absolute Gasteiger partial charge is 0.338 e. The Morgan fingerprint density at radius 1 is 1.07 bits per heavy atom. The van der Waals surface area contributed by atoms with Crippen molar-refractivity contribution in [1.29, 1.82) is 0 Å². The first kappa shape index (κ1) is 10.9. The van der Waals surface area contributed by atoms with E-state index in [1.54, 1.807) is 0 Å². The summed E-state index contributed by atoms with van der Waals surface area (Å²) in [5.41, 5.74) is 5.83. The van der Waals surface area contributed by atoms with Crippen molar-refractivity contribution in [2.45, 2.75) is 63.5 Å². The molecule has 3 heteroatoms. The fourth-order valence-corrected chi connectivity index (χ4v) is 2.86. The third-order valence-electron chi connectivity index (χ3n) is 3.70. The average Bonchev–Trinajstić information content (AvgIpc) is 2.45. The van der Waals surface area contributed by atoms with E-state index in [1.165, 1.54) is 44.9 Å². The quantitative estimate of drug-likeness (QED) is 0.715. The van der Waals surface area contributed by atoms with Crippen LogP contribution in [0.2, 0.25) is 0 Å². The zero-order valence-electron chi connectivity index (χ0n) is 9.45. The molecule has 1 aliphatic heterocycles. The van der Waals surface area contributed by atoms with Crippen molar-refractivity contribution in [3.63, 3.8) is 0 Å². The van der Waals surface area contributed by atoms with Gasteiger partial charge in [0, 0.05) is 25.0 Å². The highest BCUT2D eigenvalue weighted by molar-refractivity contribution is 5.79. The number of nitrogens with zero attached hydrogens (tertiary/aromatic N) is 1. The second-order valence-electron chi connectivity index (χ2n) is 5.01. The van der Waals surface area contributed by atoms with Gasteiger partial charge in [0.1, 0.15) is 0 Å². The molecule has 0 spiro atoms. The van der Waals surface area contributed by atoms with Gasteiger partial charge >= 0.3 is 0 Å². The van der Waals surface area contributed by atoms with Gasteiger partial charge in [-0.3, -0.25) is 4.79 Å². The molecule has 1 heterocycles. The molecule has 1 unspecified atom stereocenters. The third kappa shape index (κ3) is 2.71. The maximum Gasteiger partial charge on any atom is 0.224 e. The van der Waals surface area contributed by atoms with Gasteiger partial charge in [-0.25, -0.2) is 0 Å². The Kier molecular flexibility index (Phi) is 3.62. The minimum Gasteiger partial charge on any atom is -0.338 e. The molecular weight excluding hydrogens is 188 g/mol. The summed E-state index contributed by atoms with van der Waals surface area (Å²) in [6.45, 7) is 0.795. The van der Waals surface area contributed by atoms with Crippen LogP contribution in [0, 0.1) is 0 Å². The normalized spacial score (nSPS) is 30.3. The number of rotatable bonds is 1. The number of carbonyl (C=O) groups excluding carboxylic acids is 1. The van der Waals surface area contributed by atoms with E-state index in [0.29, 0.717) is 12.5 Å². The molecule has 2 N–H and O–H groups in total. The molecule has 1 saturated heterocycles. The van der Waals surface area contributed by atoms with Crippen molar-refractivity contribution < 1.29 is 4.79 Å². The molecule has 0 bridgehead atoms. The van der Waals surface area contributed by atoms with Gasteiger partial charge in [0.2, 0.25) is 5.91 Å². The van der Waals surface area contributed by atoms with Crippen LogP contribution in [0.15, 0.2) is 0 Å². The number of hydrogen-bond donors (Lipinski definition) is 1. The van der Waals surface area contributed by atoms with Crippen molar-refractivity contribution in [3.05, 3.63) is 0 Å². The molecular formula is C12H22N2O. The molecule has 0 aromatic rings. The highest BCUT2D eigenvalue weighted by Crippen LogP contribution is 2.24. The second kappa shape index (κ2) is 4.97. The lowest BCUT2D eigenvalue weighted by atomic mass is 9.96. The number of likely N-dealkylation sites (tertiary alicyclic amines) is 1. The first-order valence-corrected chi connectivity index (χ1v) is 6.32. The zero-order valence-corrected chi connectivity index (χ0v) is 9.45. The van der Waals surface area contributed by atoms with E-state index in [2.05, 4.69) is 4.90 Å². The molecule has 0 aromatic heterocycles. The maximum atomic E-state index is 11.7. The summed E-state index contributed by atoms with van der Waals surface area (Å²) < 4.78 is 0. The molecule has 0 aromatic carbocycles. The van der Waals surface area contributed by atoms with E-state index in [4.69, 9.17) is 5.73 Å². The summed E-state index contributed by atoms with van der Waals surface area (Å²) in [5.74, 6) is 0.285. The highest BCUT2D eigenvalue weighted by Gasteiger charge is 2.32. The molecule has 1 atom stereocenters. The molecule has 2 aliphatic rings. The van der Waals surface area contributed by atoms with Gasteiger partial charge in [-0.2, -0.15) is 0 Å². The summed E-state index contributed by atoms with van der Waals surface area (Å²) in [4.78, 5) is 13.8. The van der Waals surface area contributed by atoms with Gasteiger partial charge in [0.25, 0.3) is 0 Å². The van der Waals surface area contributed by atoms with Crippen LogP contribution in [-0.4, -0.2) is 29.4 Å². The molecule has 86 valence electrons. The van der Waals surface area contributed by atoms with Crippen molar-refractivity contribution in [3.8, 4) is 0 Å². The van der Waals surface area contributed by atoms with Gasteiger partial charge in [-0.05, 0) is 12.8 Å². The minimum atomic E-state index is 0.0861. The first-order valence-electron chi connectivity index (χ1n) is 6.32. The molecule has 1 saturated carbocycles. The molecule has 15 heavy (non-hydrogen) atoms. The van der Waals surface area contributed by atoms with Crippen LogP contribution in [0.4, 0.5) is 0 Å². The van der Waals surface area contributed by atoms with Gasteiger partial charge in [-0.1, -0.05) is 32.1 Å². The van der Waals surface area contributed by atoms with Crippen molar-refractivity contribution >= 4 is 5.91 Å². The van der Waals surface area contributed by atoms with Crippen LogP contribution in [0.1, 0.15) is 51.4 Å². The standard InChI is InChI=1S/C12H22N2O/c13-10-8-12(15)14(9-10)11-6-4-2-1-3-5-7-11/h10-11H,1-9,13H2. The van der Waals surface area contributed by atoms with Gasteiger partial charge in [-0.15, -0.1) is 0 Å². The Balaban J connectivity index is 1.92. The molecule has 1 aliphatic carbocycles. The number of hydrogen-bond acceptors (Lipinski definition) is 2. The van der Waals surface area contributed by atoms with E-state index in [9.17, 15) is 4.79 Å². The van der Waals surface area contributed by atoms with Crippen LogP contribution >= 0.6 is 0 Å². The monoisotopic (exact) mass is 210 g/mol. The number of nitrogens with two attached hydrogens (primary N) is 1. The summed E-state index contributed by atoms with van der Waals surface area (Å²) in [7, 11) is 0. The van der Waals surface area contributed by atoms with Crippen LogP contribution in [-0.2, 0) is 4.79 Å². The van der Waals surface area contributed by atoms with E-state index < -0.39 is 0 Å². The lowest BCUT2D eigenvalue weighted by Gasteiger charge is -2.29. The Bertz CT molecular complexity index is 222. The molecule has 0 radical (unpaired) electrons. The molecule has 2 rings (SSSR count). The summed E-state index contributed by atoms with van der Waals surface area (Å²) in [6, 6.07) is 0.578. The van der Waals surface area contributed by atoms with E-state index >= 15 is 0 Å². The van der Waals surface area contributed by atoms with Crippen LogP contribution in [0.5, 0.6) is 0 Å². The van der Waals surface area contributed by atoms with Gasteiger partial charge < -0.3 is 10.6 Å². The number of amides is 1. The fourth-order valence-electron chi connectivity index (χ4n) is 2.86. The Morgan fingerprint density at radius 2 is 1.67 bits per heavy atom.